The van der Waals surface area contributed by atoms with Crippen LogP contribution >= 0.6 is 0 Å². The van der Waals surface area contributed by atoms with Crippen molar-refractivity contribution in [3.63, 3.8) is 0 Å². The highest BCUT2D eigenvalue weighted by atomic mass is 16.1. The Labute approximate surface area is 117 Å². The minimum atomic E-state index is 0.0448. The van der Waals surface area contributed by atoms with Crippen molar-refractivity contribution < 1.29 is 4.79 Å². The van der Waals surface area contributed by atoms with Gasteiger partial charge in [-0.25, -0.2) is 0 Å². The maximum absolute atomic E-state index is 12.3. The molecule has 1 aromatic heterocycles. The van der Waals surface area contributed by atoms with Crippen molar-refractivity contribution in [3.05, 3.63) is 78.1 Å². The molecule has 0 saturated heterocycles. The van der Waals surface area contributed by atoms with Crippen LogP contribution in [0.5, 0.6) is 0 Å². The van der Waals surface area contributed by atoms with Crippen LogP contribution in [0.3, 0.4) is 0 Å². The first-order chi connectivity index (χ1) is 9.74. The number of ketones is 1. The van der Waals surface area contributed by atoms with Crippen molar-refractivity contribution in [2.75, 3.05) is 0 Å². The Bertz CT molecular complexity index is 727. The van der Waals surface area contributed by atoms with Crippen LogP contribution in [0, 0.1) is 0 Å². The molecule has 3 aromatic rings. The molecule has 3 heteroatoms. The Morgan fingerprint density at radius 3 is 2.15 bits per heavy atom. The van der Waals surface area contributed by atoms with Crippen molar-refractivity contribution in [3.8, 4) is 11.1 Å². The topological polar surface area (TPSA) is 34.9 Å². The van der Waals surface area contributed by atoms with E-state index < -0.39 is 0 Å². The lowest BCUT2D eigenvalue weighted by molar-refractivity contribution is 0.103. The molecule has 0 fully saturated rings. The second kappa shape index (κ2) is 5.13. The summed E-state index contributed by atoms with van der Waals surface area (Å²) in [6.45, 7) is 0. The first kappa shape index (κ1) is 12.4. The number of hydrogen-bond acceptors (Lipinski definition) is 2. The molecule has 0 unspecified atom stereocenters. The van der Waals surface area contributed by atoms with Gasteiger partial charge in [-0.15, -0.1) is 0 Å². The monoisotopic (exact) mass is 262 g/mol. The van der Waals surface area contributed by atoms with Gasteiger partial charge in [0.25, 0.3) is 0 Å². The van der Waals surface area contributed by atoms with Gasteiger partial charge in [-0.05, 0) is 5.56 Å². The van der Waals surface area contributed by atoms with E-state index in [1.807, 2.05) is 74.0 Å². The molecule has 3 nitrogen and oxygen atoms in total. The molecular formula is C17H14N2O. The van der Waals surface area contributed by atoms with Gasteiger partial charge in [0.05, 0.1) is 6.20 Å². The minimum Gasteiger partial charge on any atom is -0.289 e. The lowest BCUT2D eigenvalue weighted by Crippen LogP contribution is -2.00. The molecule has 0 bridgehead atoms. The molecule has 2 aromatic carbocycles. The van der Waals surface area contributed by atoms with Crippen LogP contribution in [0.2, 0.25) is 0 Å². The van der Waals surface area contributed by atoms with E-state index in [0.29, 0.717) is 11.1 Å². The van der Waals surface area contributed by atoms with E-state index in [2.05, 4.69) is 5.10 Å². The summed E-state index contributed by atoms with van der Waals surface area (Å²) >= 11 is 0. The van der Waals surface area contributed by atoms with Crippen LogP contribution in [-0.2, 0) is 7.05 Å². The summed E-state index contributed by atoms with van der Waals surface area (Å²) in [6, 6.07) is 16.9. The molecule has 0 spiro atoms. The highest BCUT2D eigenvalue weighted by Gasteiger charge is 2.08. The van der Waals surface area contributed by atoms with E-state index in [1.54, 1.807) is 4.68 Å². The van der Waals surface area contributed by atoms with Crippen molar-refractivity contribution in [2.24, 2.45) is 7.05 Å². The summed E-state index contributed by atoms with van der Waals surface area (Å²) in [5.74, 6) is 0.0448. The number of rotatable bonds is 3. The predicted octanol–water partition coefficient (Wildman–Crippen LogP) is 3.32. The largest absolute Gasteiger partial charge is 0.289 e. The molecule has 0 aliphatic heterocycles. The van der Waals surface area contributed by atoms with Crippen LogP contribution in [0.1, 0.15) is 15.9 Å². The highest BCUT2D eigenvalue weighted by Crippen LogP contribution is 2.20. The molecule has 20 heavy (non-hydrogen) atoms. The average Bonchev–Trinajstić information content (AvgIpc) is 2.94. The van der Waals surface area contributed by atoms with E-state index in [9.17, 15) is 4.79 Å². The molecule has 0 radical (unpaired) electrons. The lowest BCUT2D eigenvalue weighted by atomic mass is 10.0. The summed E-state index contributed by atoms with van der Waals surface area (Å²) in [5, 5.41) is 4.15. The molecule has 0 atom stereocenters. The zero-order chi connectivity index (χ0) is 13.9. The van der Waals surface area contributed by atoms with Crippen LogP contribution in [0.25, 0.3) is 11.1 Å². The van der Waals surface area contributed by atoms with Crippen molar-refractivity contribution in [2.45, 2.75) is 0 Å². The summed E-state index contributed by atoms with van der Waals surface area (Å²) < 4.78 is 1.76. The molecule has 3 rings (SSSR count). The third-order valence-electron chi connectivity index (χ3n) is 3.22. The third-order valence-corrected chi connectivity index (χ3v) is 3.22. The quantitative estimate of drug-likeness (QED) is 0.679. The fourth-order valence-electron chi connectivity index (χ4n) is 2.14. The first-order valence-electron chi connectivity index (χ1n) is 6.43. The maximum Gasteiger partial charge on any atom is 0.193 e. The standard InChI is InChI=1S/C17H14N2O/c1-19-12-16(11-18-19)13-7-9-15(10-8-13)17(20)14-5-3-2-4-6-14/h2-12H,1H3. The van der Waals surface area contributed by atoms with E-state index >= 15 is 0 Å². The summed E-state index contributed by atoms with van der Waals surface area (Å²) in [6.07, 6.45) is 3.77. The Hall–Kier alpha value is -2.68. The lowest BCUT2D eigenvalue weighted by Gasteiger charge is -2.02. The second-order valence-electron chi connectivity index (χ2n) is 4.68. The van der Waals surface area contributed by atoms with Crippen LogP contribution < -0.4 is 0 Å². The number of carbonyl (C=O) groups is 1. The van der Waals surface area contributed by atoms with Gasteiger partial charge in [0, 0.05) is 29.9 Å². The van der Waals surface area contributed by atoms with Gasteiger partial charge in [-0.1, -0.05) is 54.6 Å². The summed E-state index contributed by atoms with van der Waals surface area (Å²) in [5.41, 5.74) is 3.51. The van der Waals surface area contributed by atoms with Crippen LogP contribution in [0.15, 0.2) is 67.0 Å². The van der Waals surface area contributed by atoms with Gasteiger partial charge >= 0.3 is 0 Å². The zero-order valence-electron chi connectivity index (χ0n) is 11.2. The zero-order valence-corrected chi connectivity index (χ0v) is 11.2. The highest BCUT2D eigenvalue weighted by molar-refractivity contribution is 6.09. The molecule has 0 aliphatic rings. The van der Waals surface area contributed by atoms with Crippen molar-refractivity contribution in [1.82, 2.24) is 9.78 Å². The third kappa shape index (κ3) is 2.38. The molecule has 0 amide bonds. The maximum atomic E-state index is 12.3. The van der Waals surface area contributed by atoms with Gasteiger partial charge in [0.15, 0.2) is 5.78 Å². The smallest absolute Gasteiger partial charge is 0.193 e. The van der Waals surface area contributed by atoms with Crippen molar-refractivity contribution >= 4 is 5.78 Å². The average molecular weight is 262 g/mol. The van der Waals surface area contributed by atoms with Crippen molar-refractivity contribution in [1.29, 1.82) is 0 Å². The Morgan fingerprint density at radius 1 is 0.900 bits per heavy atom. The SMILES string of the molecule is Cn1cc(-c2ccc(C(=O)c3ccccc3)cc2)cn1. The normalized spacial score (nSPS) is 10.4. The summed E-state index contributed by atoms with van der Waals surface area (Å²) in [4.78, 5) is 12.3. The van der Waals surface area contributed by atoms with Crippen LogP contribution in [0.4, 0.5) is 0 Å². The summed E-state index contributed by atoms with van der Waals surface area (Å²) in [7, 11) is 1.89. The van der Waals surface area contributed by atoms with Gasteiger partial charge < -0.3 is 0 Å². The van der Waals surface area contributed by atoms with E-state index in [4.69, 9.17) is 0 Å². The molecule has 98 valence electrons. The van der Waals surface area contributed by atoms with Gasteiger partial charge in [-0.2, -0.15) is 5.10 Å². The number of benzene rings is 2. The van der Waals surface area contributed by atoms with Gasteiger partial charge in [0.2, 0.25) is 0 Å². The number of nitrogens with zero attached hydrogens (tertiary/aromatic N) is 2. The van der Waals surface area contributed by atoms with Gasteiger partial charge in [0.1, 0.15) is 0 Å². The van der Waals surface area contributed by atoms with Gasteiger partial charge in [-0.3, -0.25) is 9.48 Å². The number of hydrogen-bond donors (Lipinski definition) is 0. The minimum absolute atomic E-state index is 0.0448. The van der Waals surface area contributed by atoms with E-state index in [1.165, 1.54) is 0 Å². The Balaban J connectivity index is 1.88. The fourth-order valence-corrected chi connectivity index (χ4v) is 2.14. The molecular weight excluding hydrogens is 248 g/mol. The van der Waals surface area contributed by atoms with E-state index in [-0.39, 0.29) is 5.78 Å². The predicted molar refractivity (Wildman–Crippen MR) is 78.5 cm³/mol. The first-order valence-corrected chi connectivity index (χ1v) is 6.43. The molecule has 0 saturated carbocycles. The second-order valence-corrected chi connectivity index (χ2v) is 4.68. The van der Waals surface area contributed by atoms with Crippen LogP contribution in [-0.4, -0.2) is 15.6 Å². The number of aromatic nitrogens is 2. The molecule has 1 heterocycles. The van der Waals surface area contributed by atoms with E-state index in [0.717, 1.165) is 11.1 Å². The number of carbonyl (C=O) groups excluding carboxylic acids is 1. The molecule has 0 N–H and O–H groups in total. The molecule has 0 aliphatic carbocycles. The Kier molecular flexibility index (Phi) is 3.17. The fraction of sp³-hybridized carbons (Fsp3) is 0.0588. The Morgan fingerprint density at radius 2 is 1.55 bits per heavy atom. The number of aryl methyl sites for hydroxylation is 1.